The number of hydrogen-bond donors (Lipinski definition) is 0. The summed E-state index contributed by atoms with van der Waals surface area (Å²) in [6, 6.07) is 69.7. The molecule has 0 amide bonds. The molecule has 10 aromatic carbocycles. The van der Waals surface area contributed by atoms with Crippen molar-refractivity contribution >= 4 is 38.6 Å². The molecule has 1 heteroatoms. The summed E-state index contributed by atoms with van der Waals surface area (Å²) < 4.78 is 0. The van der Waals surface area contributed by atoms with Gasteiger partial charge in [0, 0.05) is 28.0 Å². The van der Waals surface area contributed by atoms with Gasteiger partial charge in [-0.05, 0) is 178 Å². The Hall–Kier alpha value is -7.48. The minimum absolute atomic E-state index is 0.114. The van der Waals surface area contributed by atoms with Gasteiger partial charge >= 0.3 is 0 Å². The van der Waals surface area contributed by atoms with Crippen LogP contribution in [0.1, 0.15) is 110 Å². The summed E-state index contributed by atoms with van der Waals surface area (Å²) in [6.07, 6.45) is 0. The summed E-state index contributed by atoms with van der Waals surface area (Å²) in [5.74, 6) is 0.446. The number of para-hydroxylation sites is 1. The van der Waals surface area contributed by atoms with Crippen LogP contribution in [0.15, 0.2) is 182 Å². The van der Waals surface area contributed by atoms with E-state index < -0.39 is 0 Å². The van der Waals surface area contributed by atoms with Gasteiger partial charge in [-0.1, -0.05) is 194 Å². The minimum Gasteiger partial charge on any atom is -0.310 e. The smallest absolute Gasteiger partial charge is 0.0540 e. The number of nitrogens with zero attached hydrogens (tertiary/aromatic N) is 1. The Morgan fingerprint density at radius 3 is 1.90 bits per heavy atom. The maximum Gasteiger partial charge on any atom is 0.0540 e. The van der Waals surface area contributed by atoms with Crippen LogP contribution in [0.25, 0.3) is 77.2 Å². The van der Waals surface area contributed by atoms with Gasteiger partial charge in [-0.3, -0.25) is 0 Å². The lowest BCUT2D eigenvalue weighted by Crippen LogP contribution is -2.21. The normalized spacial score (nSPS) is 15.4. The molecule has 0 fully saturated rings. The standard InChI is InChI=1S/C69H59N/c1-40(2)64-51-32-34-63(65(64)43(5)54-37-57-60(38-56(51)54)68(6,7)58-33-29-45-21-13-14-23-48(45)66(57)58)70(62-26-18-17-22-47(62)44-19-11-10-12-20-44)46-30-31-52-59(36-46)69(8,9)61-39-55(53-35-41(3)27-28-42(53)4)49-24-15-16-25-50(49)67(52)61/h10-40,43H,1-9H3. The Balaban J connectivity index is 1.04. The third-order valence-electron chi connectivity index (χ3n) is 16.8. The van der Waals surface area contributed by atoms with Crippen molar-refractivity contribution in [2.75, 3.05) is 4.90 Å². The second kappa shape index (κ2) is 15.3. The average Bonchev–Trinajstić information content (AvgIpc) is 3.74. The van der Waals surface area contributed by atoms with E-state index in [1.54, 1.807) is 0 Å². The molecular weight excluding hydrogens is 843 g/mol. The van der Waals surface area contributed by atoms with Gasteiger partial charge in [-0.25, -0.2) is 0 Å². The molecule has 3 aliphatic rings. The molecule has 13 rings (SSSR count). The van der Waals surface area contributed by atoms with Gasteiger partial charge in [0.2, 0.25) is 0 Å². The first-order valence-electron chi connectivity index (χ1n) is 25.4. The summed E-state index contributed by atoms with van der Waals surface area (Å²) in [5.41, 5.74) is 29.0. The van der Waals surface area contributed by atoms with Crippen LogP contribution in [0.5, 0.6) is 0 Å². The van der Waals surface area contributed by atoms with Gasteiger partial charge in [0.15, 0.2) is 0 Å². The van der Waals surface area contributed by atoms with Gasteiger partial charge in [-0.15, -0.1) is 0 Å². The van der Waals surface area contributed by atoms with Crippen LogP contribution < -0.4 is 4.90 Å². The molecule has 0 radical (unpaired) electrons. The molecular formula is C69H59N. The number of benzene rings is 10. The second-order valence-electron chi connectivity index (χ2n) is 21.9. The molecule has 0 aromatic heterocycles. The molecule has 0 heterocycles. The van der Waals surface area contributed by atoms with E-state index in [1.807, 2.05) is 0 Å². The van der Waals surface area contributed by atoms with Crippen molar-refractivity contribution in [2.24, 2.45) is 0 Å². The Morgan fingerprint density at radius 2 is 1.10 bits per heavy atom. The van der Waals surface area contributed by atoms with Gasteiger partial charge < -0.3 is 4.90 Å². The molecule has 70 heavy (non-hydrogen) atoms. The third kappa shape index (κ3) is 5.97. The number of aryl methyl sites for hydroxylation is 2. The summed E-state index contributed by atoms with van der Waals surface area (Å²) >= 11 is 0. The van der Waals surface area contributed by atoms with Crippen molar-refractivity contribution in [1.82, 2.24) is 0 Å². The average molecular weight is 902 g/mol. The van der Waals surface area contributed by atoms with Gasteiger partial charge in [0.05, 0.1) is 11.4 Å². The largest absolute Gasteiger partial charge is 0.310 e. The maximum absolute atomic E-state index is 2.62. The molecule has 3 aliphatic carbocycles. The summed E-state index contributed by atoms with van der Waals surface area (Å²) in [6.45, 7) is 21.5. The van der Waals surface area contributed by atoms with Crippen molar-refractivity contribution in [3.63, 3.8) is 0 Å². The van der Waals surface area contributed by atoms with Crippen molar-refractivity contribution < 1.29 is 0 Å². The Morgan fingerprint density at radius 1 is 0.443 bits per heavy atom. The zero-order valence-electron chi connectivity index (χ0n) is 41.9. The van der Waals surface area contributed by atoms with Crippen molar-refractivity contribution in [3.8, 4) is 55.6 Å². The molecule has 10 aromatic rings. The lowest BCUT2D eigenvalue weighted by molar-refractivity contribution is 0.660. The molecule has 0 N–H and O–H groups in total. The summed E-state index contributed by atoms with van der Waals surface area (Å²) in [4.78, 5) is 2.62. The molecule has 0 aliphatic heterocycles. The van der Waals surface area contributed by atoms with E-state index in [4.69, 9.17) is 0 Å². The molecule has 340 valence electrons. The highest BCUT2D eigenvalue weighted by molar-refractivity contribution is 6.10. The van der Waals surface area contributed by atoms with Crippen LogP contribution in [0.3, 0.4) is 0 Å². The van der Waals surface area contributed by atoms with E-state index in [0.29, 0.717) is 5.92 Å². The van der Waals surface area contributed by atoms with Crippen molar-refractivity contribution in [2.45, 2.75) is 85.0 Å². The molecule has 1 atom stereocenters. The second-order valence-corrected chi connectivity index (χ2v) is 21.9. The van der Waals surface area contributed by atoms with Crippen LogP contribution in [0.4, 0.5) is 17.1 Å². The van der Waals surface area contributed by atoms with E-state index in [-0.39, 0.29) is 16.7 Å². The number of anilines is 3. The fourth-order valence-corrected chi connectivity index (χ4v) is 13.3. The first-order valence-corrected chi connectivity index (χ1v) is 25.4. The minimum atomic E-state index is -0.260. The monoisotopic (exact) mass is 901 g/mol. The van der Waals surface area contributed by atoms with Gasteiger partial charge in [0.1, 0.15) is 0 Å². The highest BCUT2D eigenvalue weighted by atomic mass is 15.1. The fraction of sp³-hybridized carbons (Fsp3) is 0.188. The lowest BCUT2D eigenvalue weighted by atomic mass is 9.71. The van der Waals surface area contributed by atoms with E-state index >= 15 is 0 Å². The van der Waals surface area contributed by atoms with E-state index in [2.05, 4.69) is 249 Å². The number of fused-ring (bicyclic) bond motifs is 14. The lowest BCUT2D eigenvalue weighted by Gasteiger charge is -2.38. The number of hydrogen-bond acceptors (Lipinski definition) is 1. The predicted molar refractivity (Wildman–Crippen MR) is 299 cm³/mol. The Kier molecular flexibility index (Phi) is 9.29. The van der Waals surface area contributed by atoms with Gasteiger partial charge in [0.25, 0.3) is 0 Å². The summed E-state index contributed by atoms with van der Waals surface area (Å²) in [5, 5.41) is 5.27. The summed E-state index contributed by atoms with van der Waals surface area (Å²) in [7, 11) is 0. The zero-order valence-corrected chi connectivity index (χ0v) is 41.9. The molecule has 2 bridgehead atoms. The first-order chi connectivity index (χ1) is 33.8. The van der Waals surface area contributed by atoms with E-state index in [9.17, 15) is 0 Å². The molecule has 0 spiro atoms. The highest BCUT2D eigenvalue weighted by Gasteiger charge is 2.42. The molecule has 0 saturated carbocycles. The van der Waals surface area contributed by atoms with Crippen LogP contribution in [-0.4, -0.2) is 0 Å². The van der Waals surface area contributed by atoms with Crippen molar-refractivity contribution in [3.05, 3.63) is 232 Å². The zero-order chi connectivity index (χ0) is 48.0. The van der Waals surface area contributed by atoms with E-state index in [0.717, 1.165) is 0 Å². The maximum atomic E-state index is 2.62. The van der Waals surface area contributed by atoms with E-state index in [1.165, 1.54) is 144 Å². The molecule has 0 saturated heterocycles. The first kappa shape index (κ1) is 42.6. The van der Waals surface area contributed by atoms with Crippen LogP contribution >= 0.6 is 0 Å². The quantitative estimate of drug-likeness (QED) is 0.161. The highest BCUT2D eigenvalue weighted by Crippen LogP contribution is 2.60. The van der Waals surface area contributed by atoms with Crippen LogP contribution in [0.2, 0.25) is 0 Å². The van der Waals surface area contributed by atoms with Crippen LogP contribution in [-0.2, 0) is 10.8 Å². The van der Waals surface area contributed by atoms with Crippen LogP contribution in [0, 0.1) is 13.8 Å². The molecule has 1 unspecified atom stereocenters. The predicted octanol–water partition coefficient (Wildman–Crippen LogP) is 19.3. The topological polar surface area (TPSA) is 3.24 Å². The van der Waals surface area contributed by atoms with Crippen molar-refractivity contribution in [1.29, 1.82) is 0 Å². The third-order valence-corrected chi connectivity index (χ3v) is 16.8. The Labute approximate surface area is 414 Å². The number of rotatable bonds is 6. The fourth-order valence-electron chi connectivity index (χ4n) is 13.3. The van der Waals surface area contributed by atoms with Gasteiger partial charge in [-0.2, -0.15) is 0 Å². The molecule has 1 nitrogen and oxygen atoms in total. The Bertz CT molecular complexity index is 3840. The SMILES string of the molecule is Cc1ccc(C)c(-c2cc3c(c4ccccc24)-c2ccc(N(c4ccccc4-c4ccccc4)c4ccc5c(C(C)C)c4C(C)c4cc6c(cc4-5)C(C)(C)c4ccc5ccccc5c4-6)cc2C3(C)C)c1.